The molecule has 2 aliphatic heterocycles. The third kappa shape index (κ3) is 5.71. The molecule has 6 heteroatoms. The molecule has 2 saturated heterocycles. The van der Waals surface area contributed by atoms with Crippen LogP contribution in [0.5, 0.6) is 0 Å². The van der Waals surface area contributed by atoms with Crippen LogP contribution in [-0.4, -0.2) is 74.3 Å². The van der Waals surface area contributed by atoms with Gasteiger partial charge in [0.25, 0.3) is 0 Å². The Balaban J connectivity index is 0.00000243. The van der Waals surface area contributed by atoms with Gasteiger partial charge in [-0.05, 0) is 43.9 Å². The maximum atomic E-state index is 5.54. The standard InChI is InChI=1S/C20H38N4O.HI/c1-4-21-19(24-9-8-20(16-24)6-5-7-20)22-15-18(14-17(2)3)23-10-12-25-13-11-23;/h17-18H,4-16H2,1-3H3,(H,21,22);1H. The molecule has 0 aromatic heterocycles. The molecule has 1 atom stereocenters. The average Bonchev–Trinajstić information content (AvgIpc) is 3.04. The number of hydrogen-bond acceptors (Lipinski definition) is 3. The number of guanidine groups is 1. The molecule has 2 heterocycles. The lowest BCUT2D eigenvalue weighted by Gasteiger charge is -2.38. The average molecular weight is 478 g/mol. The van der Waals surface area contributed by atoms with Crippen LogP contribution in [0, 0.1) is 11.3 Å². The molecule has 1 saturated carbocycles. The Labute approximate surface area is 177 Å². The van der Waals surface area contributed by atoms with E-state index in [9.17, 15) is 0 Å². The van der Waals surface area contributed by atoms with Crippen molar-refractivity contribution in [2.45, 2.75) is 58.9 Å². The molecule has 5 nitrogen and oxygen atoms in total. The Kier molecular flexibility index (Phi) is 8.94. The lowest BCUT2D eigenvalue weighted by atomic mass is 9.68. The molecule has 1 aliphatic carbocycles. The Morgan fingerprint density at radius 3 is 2.42 bits per heavy atom. The fraction of sp³-hybridized carbons (Fsp3) is 0.950. The molecule has 3 aliphatic rings. The first kappa shape index (κ1) is 22.2. The number of rotatable bonds is 6. The fourth-order valence-corrected chi connectivity index (χ4v) is 4.64. The Morgan fingerprint density at radius 1 is 1.15 bits per heavy atom. The smallest absolute Gasteiger partial charge is 0.193 e. The van der Waals surface area contributed by atoms with Crippen molar-refractivity contribution in [3.05, 3.63) is 0 Å². The zero-order valence-corrected chi connectivity index (χ0v) is 19.3. The van der Waals surface area contributed by atoms with Crippen LogP contribution in [0.4, 0.5) is 0 Å². The molecular formula is C20H39IN4O. The van der Waals surface area contributed by atoms with E-state index in [-0.39, 0.29) is 24.0 Å². The lowest BCUT2D eigenvalue weighted by molar-refractivity contribution is 0.0142. The van der Waals surface area contributed by atoms with E-state index in [0.717, 1.165) is 45.4 Å². The molecule has 152 valence electrons. The first-order valence-corrected chi connectivity index (χ1v) is 10.5. The molecule has 3 fully saturated rings. The van der Waals surface area contributed by atoms with Crippen LogP contribution < -0.4 is 5.32 Å². The van der Waals surface area contributed by atoms with E-state index in [2.05, 4.69) is 35.9 Å². The van der Waals surface area contributed by atoms with Crippen molar-refractivity contribution in [2.75, 3.05) is 52.5 Å². The quantitative estimate of drug-likeness (QED) is 0.362. The zero-order chi connectivity index (χ0) is 17.7. The summed E-state index contributed by atoms with van der Waals surface area (Å²) >= 11 is 0. The predicted molar refractivity (Wildman–Crippen MR) is 120 cm³/mol. The normalized spacial score (nSPS) is 24.5. The van der Waals surface area contributed by atoms with Gasteiger partial charge in [0.05, 0.1) is 19.8 Å². The third-order valence-corrected chi connectivity index (χ3v) is 6.24. The minimum Gasteiger partial charge on any atom is -0.379 e. The van der Waals surface area contributed by atoms with Gasteiger partial charge < -0.3 is 15.0 Å². The second-order valence-electron chi connectivity index (χ2n) is 8.65. The van der Waals surface area contributed by atoms with Crippen LogP contribution in [0.25, 0.3) is 0 Å². The Hall–Kier alpha value is -0.0800. The Morgan fingerprint density at radius 2 is 1.88 bits per heavy atom. The summed E-state index contributed by atoms with van der Waals surface area (Å²) in [5, 5.41) is 3.55. The highest BCUT2D eigenvalue weighted by Gasteiger charge is 2.43. The van der Waals surface area contributed by atoms with Gasteiger partial charge in [0, 0.05) is 38.8 Å². The van der Waals surface area contributed by atoms with Crippen LogP contribution in [0.1, 0.15) is 52.9 Å². The molecule has 26 heavy (non-hydrogen) atoms. The predicted octanol–water partition coefficient (Wildman–Crippen LogP) is 3.19. The van der Waals surface area contributed by atoms with Crippen LogP contribution >= 0.6 is 24.0 Å². The number of halogens is 1. The summed E-state index contributed by atoms with van der Waals surface area (Å²) in [6.07, 6.45) is 6.84. The maximum Gasteiger partial charge on any atom is 0.193 e. The van der Waals surface area contributed by atoms with E-state index in [1.165, 1.54) is 45.2 Å². The highest BCUT2D eigenvalue weighted by atomic mass is 127. The van der Waals surface area contributed by atoms with E-state index in [1.54, 1.807) is 0 Å². The van der Waals surface area contributed by atoms with Crippen LogP contribution in [0.15, 0.2) is 4.99 Å². The van der Waals surface area contributed by atoms with E-state index >= 15 is 0 Å². The molecule has 0 amide bonds. The first-order chi connectivity index (χ1) is 12.1. The number of ether oxygens (including phenoxy) is 1. The van der Waals surface area contributed by atoms with Gasteiger partial charge in [0.15, 0.2) is 5.96 Å². The van der Waals surface area contributed by atoms with Crippen molar-refractivity contribution in [3.8, 4) is 0 Å². The van der Waals surface area contributed by atoms with Gasteiger partial charge in [-0.15, -0.1) is 24.0 Å². The van der Waals surface area contributed by atoms with Crippen LogP contribution in [0.2, 0.25) is 0 Å². The molecule has 0 bridgehead atoms. The van der Waals surface area contributed by atoms with Crippen molar-refractivity contribution in [1.29, 1.82) is 0 Å². The second kappa shape index (κ2) is 10.5. The molecule has 1 spiro atoms. The van der Waals surface area contributed by atoms with Gasteiger partial charge in [-0.2, -0.15) is 0 Å². The zero-order valence-electron chi connectivity index (χ0n) is 17.0. The summed E-state index contributed by atoms with van der Waals surface area (Å²) in [4.78, 5) is 10.2. The minimum absolute atomic E-state index is 0. The molecule has 0 aromatic carbocycles. The van der Waals surface area contributed by atoms with Crippen molar-refractivity contribution in [1.82, 2.24) is 15.1 Å². The van der Waals surface area contributed by atoms with E-state index in [0.29, 0.717) is 17.4 Å². The summed E-state index contributed by atoms with van der Waals surface area (Å²) < 4.78 is 5.54. The summed E-state index contributed by atoms with van der Waals surface area (Å²) in [5.74, 6) is 1.85. The fourth-order valence-electron chi connectivity index (χ4n) is 4.64. The molecule has 3 rings (SSSR count). The summed E-state index contributed by atoms with van der Waals surface area (Å²) in [7, 11) is 0. The van der Waals surface area contributed by atoms with Crippen molar-refractivity contribution >= 4 is 29.9 Å². The number of nitrogens with zero attached hydrogens (tertiary/aromatic N) is 3. The van der Waals surface area contributed by atoms with Gasteiger partial charge >= 0.3 is 0 Å². The van der Waals surface area contributed by atoms with Crippen molar-refractivity contribution < 1.29 is 4.74 Å². The monoisotopic (exact) mass is 478 g/mol. The van der Waals surface area contributed by atoms with Crippen molar-refractivity contribution in [2.24, 2.45) is 16.3 Å². The van der Waals surface area contributed by atoms with Gasteiger partial charge in [-0.1, -0.05) is 20.3 Å². The van der Waals surface area contributed by atoms with Gasteiger partial charge in [-0.25, -0.2) is 0 Å². The number of hydrogen-bond donors (Lipinski definition) is 1. The van der Waals surface area contributed by atoms with Gasteiger partial charge in [0.1, 0.15) is 0 Å². The van der Waals surface area contributed by atoms with Crippen LogP contribution in [0.3, 0.4) is 0 Å². The highest BCUT2D eigenvalue weighted by Crippen LogP contribution is 2.47. The van der Waals surface area contributed by atoms with Gasteiger partial charge in [0.2, 0.25) is 0 Å². The Bertz CT molecular complexity index is 447. The molecule has 1 N–H and O–H groups in total. The third-order valence-electron chi connectivity index (χ3n) is 6.24. The molecule has 1 unspecified atom stereocenters. The number of morpholine rings is 1. The first-order valence-electron chi connectivity index (χ1n) is 10.5. The highest BCUT2D eigenvalue weighted by molar-refractivity contribution is 14.0. The summed E-state index contributed by atoms with van der Waals surface area (Å²) in [6, 6.07) is 0.540. The summed E-state index contributed by atoms with van der Waals surface area (Å²) in [6.45, 7) is 14.9. The molecule has 0 aromatic rings. The largest absolute Gasteiger partial charge is 0.379 e. The number of aliphatic imine (C=N–C) groups is 1. The molecule has 0 radical (unpaired) electrons. The maximum absolute atomic E-state index is 5.54. The SMILES string of the molecule is CCNC(=NCC(CC(C)C)N1CCOCC1)N1CCC2(CCC2)C1.I. The number of likely N-dealkylation sites (tertiary alicyclic amines) is 1. The number of nitrogens with one attached hydrogen (secondary N) is 1. The topological polar surface area (TPSA) is 40.1 Å². The minimum atomic E-state index is 0. The van der Waals surface area contributed by atoms with Crippen LogP contribution in [-0.2, 0) is 4.74 Å². The van der Waals surface area contributed by atoms with E-state index in [1.807, 2.05) is 0 Å². The van der Waals surface area contributed by atoms with E-state index < -0.39 is 0 Å². The van der Waals surface area contributed by atoms with E-state index in [4.69, 9.17) is 9.73 Å². The summed E-state index contributed by atoms with van der Waals surface area (Å²) in [5.41, 5.74) is 0.623. The second-order valence-corrected chi connectivity index (χ2v) is 8.65. The van der Waals surface area contributed by atoms with Gasteiger partial charge in [-0.3, -0.25) is 9.89 Å². The molecular weight excluding hydrogens is 439 g/mol. The van der Waals surface area contributed by atoms with Crippen molar-refractivity contribution in [3.63, 3.8) is 0 Å². The lowest BCUT2D eigenvalue weighted by Crippen LogP contribution is -2.47.